The van der Waals surface area contributed by atoms with E-state index in [1.54, 1.807) is 0 Å². The summed E-state index contributed by atoms with van der Waals surface area (Å²) < 4.78 is 0. The Labute approximate surface area is 123 Å². The van der Waals surface area contributed by atoms with Gasteiger partial charge >= 0.3 is 0 Å². The van der Waals surface area contributed by atoms with Gasteiger partial charge in [-0.1, -0.05) is 89.2 Å². The van der Waals surface area contributed by atoms with E-state index < -0.39 is 0 Å². The molecule has 0 heterocycles. The molecular formula is C20H26. The molecule has 0 atom stereocenters. The Kier molecular flexibility index (Phi) is 4.04. The van der Waals surface area contributed by atoms with E-state index in [4.69, 9.17) is 0 Å². The highest BCUT2D eigenvalue weighted by Crippen LogP contribution is 2.32. The van der Waals surface area contributed by atoms with Crippen molar-refractivity contribution in [2.75, 3.05) is 0 Å². The molecule has 0 saturated carbocycles. The van der Waals surface area contributed by atoms with E-state index in [1.165, 1.54) is 16.7 Å². The van der Waals surface area contributed by atoms with Crippen LogP contribution < -0.4 is 0 Å². The number of hydrogen-bond acceptors (Lipinski definition) is 0. The molecule has 2 aromatic rings. The van der Waals surface area contributed by atoms with Crippen LogP contribution in [0, 0.1) is 0 Å². The monoisotopic (exact) mass is 266 g/mol. The predicted molar refractivity (Wildman–Crippen MR) is 88.3 cm³/mol. The molecule has 0 heteroatoms. The molecule has 0 aliphatic heterocycles. The van der Waals surface area contributed by atoms with Crippen LogP contribution >= 0.6 is 0 Å². The Balaban J connectivity index is 2.35. The molecule has 0 aliphatic carbocycles. The van der Waals surface area contributed by atoms with Crippen LogP contribution in [0.4, 0.5) is 0 Å². The lowest BCUT2D eigenvalue weighted by Gasteiger charge is -2.30. The third-order valence-corrected chi connectivity index (χ3v) is 4.01. The highest BCUT2D eigenvalue weighted by atomic mass is 14.3. The van der Waals surface area contributed by atoms with Crippen molar-refractivity contribution in [1.29, 1.82) is 0 Å². The topological polar surface area (TPSA) is 0 Å². The fourth-order valence-corrected chi connectivity index (χ4v) is 2.87. The molecule has 0 saturated heterocycles. The van der Waals surface area contributed by atoms with Crippen LogP contribution in [0.1, 0.15) is 51.3 Å². The molecule has 106 valence electrons. The van der Waals surface area contributed by atoms with Crippen LogP contribution in [0.2, 0.25) is 0 Å². The summed E-state index contributed by atoms with van der Waals surface area (Å²) in [7, 11) is 0. The Bertz CT molecular complexity index is 556. The van der Waals surface area contributed by atoms with E-state index in [0.717, 1.165) is 6.42 Å². The normalized spacial score (nSPS) is 12.4. The lowest BCUT2D eigenvalue weighted by atomic mass is 9.75. The van der Waals surface area contributed by atoms with Gasteiger partial charge in [-0.25, -0.2) is 0 Å². The summed E-state index contributed by atoms with van der Waals surface area (Å²) in [5.41, 5.74) is 4.69. The van der Waals surface area contributed by atoms with Gasteiger partial charge in [0.2, 0.25) is 0 Å². The van der Waals surface area contributed by atoms with Gasteiger partial charge in [-0.05, 0) is 33.9 Å². The molecule has 0 bridgehead atoms. The summed E-state index contributed by atoms with van der Waals surface area (Å²) in [4.78, 5) is 0. The fraction of sp³-hybridized carbons (Fsp3) is 0.400. The van der Waals surface area contributed by atoms with E-state index in [-0.39, 0.29) is 10.8 Å². The maximum Gasteiger partial charge on any atom is -0.00631 e. The Morgan fingerprint density at radius 3 is 1.85 bits per heavy atom. The Morgan fingerprint density at radius 1 is 0.700 bits per heavy atom. The van der Waals surface area contributed by atoms with Gasteiger partial charge in [0.05, 0.1) is 0 Å². The minimum absolute atomic E-state index is 0.155. The highest BCUT2D eigenvalue weighted by molar-refractivity contribution is 5.36. The maximum atomic E-state index is 2.34. The number of benzene rings is 2. The zero-order chi connectivity index (χ0) is 14.8. The van der Waals surface area contributed by atoms with E-state index in [0.29, 0.717) is 0 Å². The van der Waals surface area contributed by atoms with Gasteiger partial charge in [-0.15, -0.1) is 0 Å². The quantitative estimate of drug-likeness (QED) is 0.687. The van der Waals surface area contributed by atoms with E-state index in [9.17, 15) is 0 Å². The standard InChI is InChI=1S/C20H26/c1-19(2,3)18-14-10-9-11-16(18)15-20(4,5)17-12-7-6-8-13-17/h6-14H,15H2,1-5H3. The van der Waals surface area contributed by atoms with Crippen molar-refractivity contribution in [2.24, 2.45) is 0 Å². The third-order valence-electron chi connectivity index (χ3n) is 4.01. The Hall–Kier alpha value is -1.56. The minimum atomic E-state index is 0.155. The van der Waals surface area contributed by atoms with Crippen LogP contribution in [-0.2, 0) is 17.3 Å². The molecule has 0 fully saturated rings. The summed E-state index contributed by atoms with van der Waals surface area (Å²) in [6, 6.07) is 19.7. The van der Waals surface area contributed by atoms with Crippen LogP contribution in [0.3, 0.4) is 0 Å². The minimum Gasteiger partial charge on any atom is -0.0622 e. The fourth-order valence-electron chi connectivity index (χ4n) is 2.87. The molecule has 0 amide bonds. The molecule has 0 spiro atoms. The van der Waals surface area contributed by atoms with E-state index in [1.807, 2.05) is 0 Å². The predicted octanol–water partition coefficient (Wildman–Crippen LogP) is 5.50. The van der Waals surface area contributed by atoms with Gasteiger partial charge in [-0.3, -0.25) is 0 Å². The van der Waals surface area contributed by atoms with Gasteiger partial charge in [0.25, 0.3) is 0 Å². The highest BCUT2D eigenvalue weighted by Gasteiger charge is 2.25. The number of rotatable bonds is 3. The molecule has 0 aliphatic rings. The van der Waals surface area contributed by atoms with Gasteiger partial charge in [0, 0.05) is 0 Å². The van der Waals surface area contributed by atoms with Crippen LogP contribution in [-0.4, -0.2) is 0 Å². The van der Waals surface area contributed by atoms with Crippen molar-refractivity contribution in [3.63, 3.8) is 0 Å². The summed E-state index contributed by atoms with van der Waals surface area (Å²) in [6.07, 6.45) is 1.07. The van der Waals surface area contributed by atoms with Crippen molar-refractivity contribution in [2.45, 2.75) is 51.9 Å². The maximum absolute atomic E-state index is 2.34. The Morgan fingerprint density at radius 2 is 1.25 bits per heavy atom. The summed E-state index contributed by atoms with van der Waals surface area (Å²) in [5.74, 6) is 0. The first kappa shape index (κ1) is 14.8. The first-order valence-electron chi connectivity index (χ1n) is 7.45. The van der Waals surface area contributed by atoms with Crippen molar-refractivity contribution in [1.82, 2.24) is 0 Å². The molecule has 20 heavy (non-hydrogen) atoms. The van der Waals surface area contributed by atoms with Gasteiger partial charge in [0.15, 0.2) is 0 Å². The first-order chi connectivity index (χ1) is 9.31. The zero-order valence-electron chi connectivity index (χ0n) is 13.4. The van der Waals surface area contributed by atoms with Crippen molar-refractivity contribution < 1.29 is 0 Å². The van der Waals surface area contributed by atoms with E-state index >= 15 is 0 Å². The third kappa shape index (κ3) is 3.30. The zero-order valence-corrected chi connectivity index (χ0v) is 13.4. The largest absolute Gasteiger partial charge is 0.0622 e. The molecule has 0 N–H and O–H groups in total. The second kappa shape index (κ2) is 5.44. The van der Waals surface area contributed by atoms with Crippen LogP contribution in [0.25, 0.3) is 0 Å². The average molecular weight is 266 g/mol. The molecule has 0 unspecified atom stereocenters. The van der Waals surface area contributed by atoms with Gasteiger partial charge in [0.1, 0.15) is 0 Å². The van der Waals surface area contributed by atoms with E-state index in [2.05, 4.69) is 89.2 Å². The number of hydrogen-bond donors (Lipinski definition) is 0. The summed E-state index contributed by atoms with van der Waals surface area (Å²) in [5, 5.41) is 0. The van der Waals surface area contributed by atoms with Crippen molar-refractivity contribution >= 4 is 0 Å². The summed E-state index contributed by atoms with van der Waals surface area (Å²) >= 11 is 0. The average Bonchev–Trinajstić information content (AvgIpc) is 2.39. The van der Waals surface area contributed by atoms with Crippen molar-refractivity contribution in [3.05, 3.63) is 71.3 Å². The molecule has 0 aromatic heterocycles. The van der Waals surface area contributed by atoms with Gasteiger partial charge < -0.3 is 0 Å². The van der Waals surface area contributed by atoms with Crippen molar-refractivity contribution in [3.8, 4) is 0 Å². The molecule has 0 nitrogen and oxygen atoms in total. The lowest BCUT2D eigenvalue weighted by Crippen LogP contribution is -2.23. The molecule has 2 rings (SSSR count). The smallest absolute Gasteiger partial charge is 0.00631 e. The first-order valence-corrected chi connectivity index (χ1v) is 7.45. The summed E-state index contributed by atoms with van der Waals surface area (Å²) in [6.45, 7) is 11.5. The molecular weight excluding hydrogens is 240 g/mol. The van der Waals surface area contributed by atoms with Crippen LogP contribution in [0.15, 0.2) is 54.6 Å². The van der Waals surface area contributed by atoms with Crippen LogP contribution in [0.5, 0.6) is 0 Å². The lowest BCUT2D eigenvalue weighted by molar-refractivity contribution is 0.507. The SMILES string of the molecule is CC(C)(C)c1ccccc1CC(C)(C)c1ccccc1. The van der Waals surface area contributed by atoms with Gasteiger partial charge in [-0.2, -0.15) is 0 Å². The second-order valence-corrected chi connectivity index (χ2v) is 7.33. The molecule has 0 radical (unpaired) electrons. The second-order valence-electron chi connectivity index (χ2n) is 7.33. The molecule has 2 aromatic carbocycles.